The van der Waals surface area contributed by atoms with Crippen LogP contribution >= 0.6 is 15.9 Å². The van der Waals surface area contributed by atoms with Crippen LogP contribution in [0.1, 0.15) is 23.7 Å². The van der Waals surface area contributed by atoms with E-state index in [0.717, 1.165) is 32.8 Å². The number of carbonyl (C=O) groups is 1. The molecule has 0 aliphatic carbocycles. The van der Waals surface area contributed by atoms with Gasteiger partial charge in [0.2, 0.25) is 5.91 Å². The Bertz CT molecular complexity index is 1270. The Hall–Kier alpha value is -3.12. The second kappa shape index (κ2) is 8.19. The van der Waals surface area contributed by atoms with Crippen LogP contribution in [0.25, 0.3) is 11.0 Å². The van der Waals surface area contributed by atoms with E-state index in [1.165, 1.54) is 5.56 Å². The van der Waals surface area contributed by atoms with Gasteiger partial charge in [-0.2, -0.15) is 0 Å². The molecule has 1 unspecified atom stereocenters. The summed E-state index contributed by atoms with van der Waals surface area (Å²) in [4.78, 5) is 19.7. The fourth-order valence-corrected chi connectivity index (χ4v) is 4.74. The highest BCUT2D eigenvalue weighted by Gasteiger charge is 2.35. The summed E-state index contributed by atoms with van der Waals surface area (Å²) in [6.45, 7) is 1.31. The lowest BCUT2D eigenvalue weighted by atomic mass is 10.1. The van der Waals surface area contributed by atoms with Gasteiger partial charge < -0.3 is 14.2 Å². The Labute approximate surface area is 189 Å². The van der Waals surface area contributed by atoms with Crippen molar-refractivity contribution < 1.29 is 9.53 Å². The van der Waals surface area contributed by atoms with Crippen LogP contribution < -0.4 is 9.64 Å². The van der Waals surface area contributed by atoms with Crippen molar-refractivity contribution in [2.24, 2.45) is 0 Å². The predicted molar refractivity (Wildman–Crippen MR) is 126 cm³/mol. The number of hydrogen-bond donors (Lipinski definition) is 0. The number of ether oxygens (including phenoxy) is 1. The molecular weight excluding hydrogens is 454 g/mol. The zero-order valence-electron chi connectivity index (χ0n) is 17.2. The van der Waals surface area contributed by atoms with Crippen LogP contribution in [0.3, 0.4) is 0 Å². The Morgan fingerprint density at radius 1 is 1.06 bits per heavy atom. The van der Waals surface area contributed by atoms with Gasteiger partial charge in [0.15, 0.2) is 0 Å². The quantitative estimate of drug-likeness (QED) is 0.389. The number of anilines is 1. The number of imidazole rings is 1. The molecule has 0 radical (unpaired) electrons. The molecule has 1 amide bonds. The second-order valence-corrected chi connectivity index (χ2v) is 8.70. The number of hydrogen-bond acceptors (Lipinski definition) is 3. The first kappa shape index (κ1) is 19.8. The second-order valence-electron chi connectivity index (χ2n) is 7.78. The maximum absolute atomic E-state index is 12.9. The maximum Gasteiger partial charge on any atom is 0.227 e. The third kappa shape index (κ3) is 3.83. The van der Waals surface area contributed by atoms with E-state index in [2.05, 4.69) is 38.7 Å². The van der Waals surface area contributed by atoms with E-state index in [1.807, 2.05) is 59.5 Å². The van der Waals surface area contributed by atoms with Gasteiger partial charge in [-0.05, 0) is 42.0 Å². The maximum atomic E-state index is 12.9. The molecule has 5 rings (SSSR count). The first-order valence-corrected chi connectivity index (χ1v) is 11.1. The van der Waals surface area contributed by atoms with Crippen LogP contribution in [0.4, 0.5) is 5.69 Å². The van der Waals surface area contributed by atoms with Crippen molar-refractivity contribution >= 4 is 38.6 Å². The summed E-state index contributed by atoms with van der Waals surface area (Å²) in [6, 6.07) is 24.1. The van der Waals surface area contributed by atoms with Crippen LogP contribution in [0, 0.1) is 0 Å². The first-order chi connectivity index (χ1) is 15.1. The van der Waals surface area contributed by atoms with E-state index in [1.54, 1.807) is 7.11 Å². The van der Waals surface area contributed by atoms with E-state index in [4.69, 9.17) is 9.72 Å². The Morgan fingerprint density at radius 2 is 1.90 bits per heavy atom. The predicted octanol–water partition coefficient (Wildman–Crippen LogP) is 5.38. The highest BCUT2D eigenvalue weighted by molar-refractivity contribution is 9.10. The number of halogens is 1. The molecule has 0 N–H and O–H groups in total. The molecule has 0 saturated carbocycles. The molecule has 0 bridgehead atoms. The summed E-state index contributed by atoms with van der Waals surface area (Å²) in [5.74, 6) is 1.84. The fourth-order valence-electron chi connectivity index (χ4n) is 4.30. The number of carbonyl (C=O) groups excluding carboxylic acids is 1. The molecule has 1 atom stereocenters. The van der Waals surface area contributed by atoms with Crippen LogP contribution in [0.2, 0.25) is 0 Å². The van der Waals surface area contributed by atoms with Gasteiger partial charge in [-0.1, -0.05) is 46.3 Å². The topological polar surface area (TPSA) is 47.4 Å². The van der Waals surface area contributed by atoms with Crippen molar-refractivity contribution in [3.63, 3.8) is 0 Å². The molecule has 156 valence electrons. The fraction of sp³-hybridized carbons (Fsp3) is 0.200. The zero-order valence-corrected chi connectivity index (χ0v) is 18.7. The molecule has 4 aromatic rings. The lowest BCUT2D eigenvalue weighted by molar-refractivity contribution is -0.117. The van der Waals surface area contributed by atoms with Crippen molar-refractivity contribution in [3.8, 4) is 5.75 Å². The van der Waals surface area contributed by atoms with E-state index >= 15 is 0 Å². The van der Waals surface area contributed by atoms with E-state index < -0.39 is 0 Å². The summed E-state index contributed by atoms with van der Waals surface area (Å²) in [7, 11) is 1.64. The molecule has 2 heterocycles. The minimum absolute atomic E-state index is 0.0262. The summed E-state index contributed by atoms with van der Waals surface area (Å²) in [5, 5.41) is 0. The summed E-state index contributed by atoms with van der Waals surface area (Å²) < 4.78 is 8.64. The van der Waals surface area contributed by atoms with Crippen molar-refractivity contribution in [2.75, 3.05) is 18.6 Å². The number of benzene rings is 3. The van der Waals surface area contributed by atoms with Gasteiger partial charge in [0.25, 0.3) is 0 Å². The normalized spacial score (nSPS) is 16.3. The molecule has 1 fully saturated rings. The van der Waals surface area contributed by atoms with Crippen molar-refractivity contribution in [3.05, 3.63) is 88.7 Å². The minimum Gasteiger partial charge on any atom is -0.497 e. The van der Waals surface area contributed by atoms with Crippen LogP contribution in [0.15, 0.2) is 77.3 Å². The van der Waals surface area contributed by atoms with Crippen molar-refractivity contribution in [1.82, 2.24) is 9.55 Å². The number of rotatable bonds is 5. The molecule has 3 aromatic carbocycles. The van der Waals surface area contributed by atoms with Gasteiger partial charge >= 0.3 is 0 Å². The average Bonchev–Trinajstić information content (AvgIpc) is 3.34. The van der Waals surface area contributed by atoms with Crippen molar-refractivity contribution in [2.45, 2.75) is 18.9 Å². The minimum atomic E-state index is 0.0262. The van der Waals surface area contributed by atoms with Crippen molar-refractivity contribution in [1.29, 1.82) is 0 Å². The van der Waals surface area contributed by atoms with Gasteiger partial charge in [0.05, 0.1) is 18.1 Å². The number of aromatic nitrogens is 2. The Balaban J connectivity index is 1.52. The Morgan fingerprint density at radius 3 is 2.74 bits per heavy atom. The van der Waals surface area contributed by atoms with E-state index in [9.17, 15) is 4.79 Å². The molecule has 1 aromatic heterocycles. The molecular formula is C25H22BrN3O2. The van der Waals surface area contributed by atoms with Gasteiger partial charge in [-0.3, -0.25) is 4.79 Å². The third-order valence-electron chi connectivity index (χ3n) is 5.77. The lowest BCUT2D eigenvalue weighted by Crippen LogP contribution is -2.24. The SMILES string of the molecule is COc1cccc(N2CC(c3nc4ccccc4n3Cc3cccc(Br)c3)CC2=O)c1. The van der Waals surface area contributed by atoms with Gasteiger partial charge in [-0.25, -0.2) is 4.98 Å². The highest BCUT2D eigenvalue weighted by atomic mass is 79.9. The molecule has 31 heavy (non-hydrogen) atoms. The summed E-state index contributed by atoms with van der Waals surface area (Å²) >= 11 is 3.57. The van der Waals surface area contributed by atoms with Crippen LogP contribution in [-0.2, 0) is 11.3 Å². The first-order valence-electron chi connectivity index (χ1n) is 10.3. The molecule has 1 aliphatic rings. The monoisotopic (exact) mass is 475 g/mol. The number of fused-ring (bicyclic) bond motifs is 1. The largest absolute Gasteiger partial charge is 0.497 e. The number of methoxy groups -OCH3 is 1. The number of nitrogens with zero attached hydrogens (tertiary/aromatic N) is 3. The van der Waals surface area contributed by atoms with Crippen LogP contribution in [0.5, 0.6) is 5.75 Å². The molecule has 0 spiro atoms. The van der Waals surface area contributed by atoms with Crippen LogP contribution in [-0.4, -0.2) is 29.1 Å². The van der Waals surface area contributed by atoms with Gasteiger partial charge in [-0.15, -0.1) is 0 Å². The number of para-hydroxylation sites is 2. The van der Waals surface area contributed by atoms with E-state index in [-0.39, 0.29) is 11.8 Å². The molecule has 6 heteroatoms. The summed E-state index contributed by atoms with van der Waals surface area (Å²) in [5.41, 5.74) is 4.10. The average molecular weight is 476 g/mol. The zero-order chi connectivity index (χ0) is 21.4. The standard InChI is InChI=1S/C25H22BrN3O2/c1-31-21-9-5-8-20(14-21)28-16-18(13-24(28)30)25-27-22-10-2-3-11-23(22)29(25)15-17-6-4-7-19(26)12-17/h2-12,14,18H,13,15-16H2,1H3. The third-order valence-corrected chi connectivity index (χ3v) is 6.26. The molecule has 1 aliphatic heterocycles. The molecule has 5 nitrogen and oxygen atoms in total. The van der Waals surface area contributed by atoms with E-state index in [0.29, 0.717) is 19.5 Å². The smallest absolute Gasteiger partial charge is 0.227 e. The number of amides is 1. The molecule has 1 saturated heterocycles. The van der Waals surface area contributed by atoms with Gasteiger partial charge in [0, 0.05) is 41.7 Å². The van der Waals surface area contributed by atoms with Gasteiger partial charge in [0.1, 0.15) is 11.6 Å². The Kier molecular flexibility index (Phi) is 5.24. The lowest BCUT2D eigenvalue weighted by Gasteiger charge is -2.18. The highest BCUT2D eigenvalue weighted by Crippen LogP contribution is 2.34. The summed E-state index contributed by atoms with van der Waals surface area (Å²) in [6.07, 6.45) is 0.443.